The molecule has 10 unspecified atom stereocenters. The summed E-state index contributed by atoms with van der Waals surface area (Å²) in [6.45, 7) is 0. The summed E-state index contributed by atoms with van der Waals surface area (Å²) in [6.07, 6.45) is 1.29. The summed E-state index contributed by atoms with van der Waals surface area (Å²) in [6, 6.07) is 0. The highest BCUT2D eigenvalue weighted by Gasteiger charge is 2.95. The zero-order chi connectivity index (χ0) is 12.1. The highest BCUT2D eigenvalue weighted by Crippen LogP contribution is 2.94. The Kier molecular flexibility index (Phi) is 1.37. The van der Waals surface area contributed by atoms with E-state index >= 15 is 0 Å². The van der Waals surface area contributed by atoms with Crippen LogP contribution < -0.4 is 0 Å². The van der Waals surface area contributed by atoms with Crippen molar-refractivity contribution in [3.8, 4) is 0 Å². The van der Waals surface area contributed by atoms with Crippen LogP contribution in [0.3, 0.4) is 0 Å². The number of carboxylic acid groups (broad SMARTS) is 2. The number of hydrogen-bond donors (Lipinski definition) is 2. The molecule has 0 radical (unpaired) electrons. The molecule has 5 heteroatoms. The Morgan fingerprint density at radius 1 is 0.789 bits per heavy atom. The fourth-order valence-electron chi connectivity index (χ4n) is 8.63. The highest BCUT2D eigenvalue weighted by atomic mass is 16.4. The summed E-state index contributed by atoms with van der Waals surface area (Å²) in [5, 5.41) is 19.3. The Balaban J connectivity index is 0.000000882. The van der Waals surface area contributed by atoms with Crippen LogP contribution >= 0.6 is 0 Å². The maximum Gasteiger partial charge on any atom is 0.321 e. The number of carboxylic acids is 2. The van der Waals surface area contributed by atoms with E-state index in [2.05, 4.69) is 0 Å². The van der Waals surface area contributed by atoms with Crippen molar-refractivity contribution in [2.45, 2.75) is 6.42 Å². The van der Waals surface area contributed by atoms with E-state index in [1.54, 1.807) is 0 Å². The largest absolute Gasteiger partial charge is 0.480 e. The summed E-state index contributed by atoms with van der Waals surface area (Å²) < 4.78 is 0. The lowest BCUT2D eigenvalue weighted by atomic mass is 9.60. The SMILES string of the molecule is O.O=C(O)C1(C(=O)O)C2C3C4CC5C6C4C2C6C1C53. The molecule has 0 amide bonds. The Bertz CT molecular complexity index is 504. The van der Waals surface area contributed by atoms with Gasteiger partial charge >= 0.3 is 11.9 Å². The molecule has 0 heterocycles. The molecule has 19 heavy (non-hydrogen) atoms. The molecular weight excluding hydrogens is 248 g/mol. The van der Waals surface area contributed by atoms with Gasteiger partial charge in [-0.3, -0.25) is 9.59 Å². The van der Waals surface area contributed by atoms with E-state index in [-0.39, 0.29) is 17.3 Å². The number of aliphatic carboxylic acids is 2. The van der Waals surface area contributed by atoms with Crippen molar-refractivity contribution in [3.05, 3.63) is 0 Å². The van der Waals surface area contributed by atoms with E-state index in [1.165, 1.54) is 6.42 Å². The number of rotatable bonds is 2. The fourth-order valence-corrected chi connectivity index (χ4v) is 8.63. The van der Waals surface area contributed by atoms with Gasteiger partial charge in [0.2, 0.25) is 0 Å². The van der Waals surface area contributed by atoms with Crippen molar-refractivity contribution >= 4 is 11.9 Å². The molecule has 4 N–H and O–H groups in total. The summed E-state index contributed by atoms with van der Waals surface area (Å²) in [5.41, 5.74) is -1.40. The molecule has 0 saturated heterocycles. The molecule has 7 saturated carbocycles. The molecule has 0 spiro atoms. The van der Waals surface area contributed by atoms with Gasteiger partial charge in [0.25, 0.3) is 0 Å². The maximum absolute atomic E-state index is 11.8. The molecule has 4 bridgehead atoms. The van der Waals surface area contributed by atoms with Crippen LogP contribution in [0.4, 0.5) is 0 Å². The van der Waals surface area contributed by atoms with E-state index < -0.39 is 17.4 Å². The fraction of sp³-hybridized carbons (Fsp3) is 0.857. The summed E-state index contributed by atoms with van der Waals surface area (Å²) >= 11 is 0. The first-order valence-corrected chi connectivity index (χ1v) is 7.08. The molecule has 7 aliphatic rings. The van der Waals surface area contributed by atoms with Gasteiger partial charge in [0.15, 0.2) is 5.41 Å². The first-order valence-electron chi connectivity index (χ1n) is 7.08. The van der Waals surface area contributed by atoms with E-state index in [0.717, 1.165) is 11.8 Å². The molecule has 7 rings (SSSR count). The average Bonchev–Trinajstić information content (AvgIpc) is 2.85. The van der Waals surface area contributed by atoms with Crippen LogP contribution in [0, 0.1) is 64.6 Å². The van der Waals surface area contributed by atoms with Crippen LogP contribution in [0.5, 0.6) is 0 Å². The van der Waals surface area contributed by atoms with Gasteiger partial charge in [0.1, 0.15) is 0 Å². The second-order valence-corrected chi connectivity index (χ2v) is 7.56. The van der Waals surface area contributed by atoms with E-state index in [0.29, 0.717) is 35.5 Å². The van der Waals surface area contributed by atoms with Crippen LogP contribution in [-0.4, -0.2) is 27.6 Å². The third-order valence-electron chi connectivity index (χ3n) is 8.16. The van der Waals surface area contributed by atoms with Gasteiger partial charge in [-0.15, -0.1) is 0 Å². The third-order valence-corrected chi connectivity index (χ3v) is 8.16. The first kappa shape index (κ1) is 10.7. The van der Waals surface area contributed by atoms with Gasteiger partial charge in [-0.2, -0.15) is 0 Å². The molecule has 0 aromatic heterocycles. The third kappa shape index (κ3) is 0.603. The van der Waals surface area contributed by atoms with Crippen LogP contribution in [0.15, 0.2) is 0 Å². The van der Waals surface area contributed by atoms with Crippen LogP contribution in [0.2, 0.25) is 0 Å². The average molecular weight is 264 g/mol. The Morgan fingerprint density at radius 3 is 1.58 bits per heavy atom. The molecule has 7 fully saturated rings. The lowest BCUT2D eigenvalue weighted by Crippen LogP contribution is -2.45. The Hall–Kier alpha value is -1.10. The van der Waals surface area contributed by atoms with Crippen molar-refractivity contribution < 1.29 is 25.3 Å². The van der Waals surface area contributed by atoms with Gasteiger partial charge in [-0.1, -0.05) is 0 Å². The topological polar surface area (TPSA) is 106 Å². The normalized spacial score (nSPS) is 65.5. The predicted molar refractivity (Wildman–Crippen MR) is 60.8 cm³/mol. The number of carbonyl (C=O) groups is 2. The molecule has 102 valence electrons. The maximum atomic E-state index is 11.8. The van der Waals surface area contributed by atoms with E-state index in [9.17, 15) is 19.8 Å². The van der Waals surface area contributed by atoms with Crippen molar-refractivity contribution in [3.63, 3.8) is 0 Å². The van der Waals surface area contributed by atoms with Crippen molar-refractivity contribution in [2.75, 3.05) is 0 Å². The highest BCUT2D eigenvalue weighted by molar-refractivity contribution is 6.01. The van der Waals surface area contributed by atoms with Crippen molar-refractivity contribution in [1.82, 2.24) is 0 Å². The second kappa shape index (κ2) is 2.43. The minimum Gasteiger partial charge on any atom is -0.480 e. The lowest BCUT2D eigenvalue weighted by molar-refractivity contribution is -0.169. The molecule has 0 aromatic carbocycles. The summed E-state index contributed by atoms with van der Waals surface area (Å²) in [5.74, 6) is 2.56. The van der Waals surface area contributed by atoms with Crippen LogP contribution in [-0.2, 0) is 9.59 Å². The minimum absolute atomic E-state index is 0. The minimum atomic E-state index is -1.40. The van der Waals surface area contributed by atoms with Crippen molar-refractivity contribution in [2.24, 2.45) is 64.6 Å². The van der Waals surface area contributed by atoms with E-state index in [4.69, 9.17) is 0 Å². The molecule has 10 atom stereocenters. The first-order chi connectivity index (χ1) is 8.61. The zero-order valence-corrected chi connectivity index (χ0v) is 10.2. The van der Waals surface area contributed by atoms with Crippen LogP contribution in [0.1, 0.15) is 6.42 Å². The quantitative estimate of drug-likeness (QED) is 0.682. The Labute approximate surface area is 109 Å². The predicted octanol–water partition coefficient (Wildman–Crippen LogP) is -0.0490. The van der Waals surface area contributed by atoms with Gasteiger partial charge in [-0.25, -0.2) is 0 Å². The molecule has 7 aliphatic carbocycles. The smallest absolute Gasteiger partial charge is 0.321 e. The summed E-state index contributed by atoms with van der Waals surface area (Å²) in [7, 11) is 0. The standard InChI is InChI=1S/C14H14O4.H2O/c15-12(16)14(13(17)18)10-6-2-1-3-5-4(2)8(10)9(5)11(14)7(3)6;/h2-11H,1H2,(H,15,16)(H,17,18);1H2. The number of hydrogen-bond acceptors (Lipinski definition) is 2. The summed E-state index contributed by atoms with van der Waals surface area (Å²) in [4.78, 5) is 23.6. The van der Waals surface area contributed by atoms with Gasteiger partial charge in [0, 0.05) is 0 Å². The molecule has 5 nitrogen and oxygen atoms in total. The monoisotopic (exact) mass is 264 g/mol. The zero-order valence-electron chi connectivity index (χ0n) is 10.2. The molecule has 0 aromatic rings. The second-order valence-electron chi connectivity index (χ2n) is 7.56. The molecular formula is C14H16O5. The van der Waals surface area contributed by atoms with E-state index in [1.807, 2.05) is 0 Å². The van der Waals surface area contributed by atoms with Gasteiger partial charge in [-0.05, 0) is 65.6 Å². The Morgan fingerprint density at radius 2 is 1.21 bits per heavy atom. The van der Waals surface area contributed by atoms with Crippen LogP contribution in [0.25, 0.3) is 0 Å². The van der Waals surface area contributed by atoms with Gasteiger partial charge < -0.3 is 15.7 Å². The molecule has 0 aliphatic heterocycles. The van der Waals surface area contributed by atoms with Crippen molar-refractivity contribution in [1.29, 1.82) is 0 Å². The lowest BCUT2D eigenvalue weighted by Gasteiger charge is -2.44. The van der Waals surface area contributed by atoms with Gasteiger partial charge in [0.05, 0.1) is 0 Å².